The predicted octanol–water partition coefficient (Wildman–Crippen LogP) is 0.892. The zero-order valence-electron chi connectivity index (χ0n) is 11.4. The van der Waals surface area contributed by atoms with Gasteiger partial charge in [-0.25, -0.2) is 12.8 Å². The van der Waals surface area contributed by atoms with Gasteiger partial charge in [-0.3, -0.25) is 0 Å². The molecule has 1 aromatic rings. The van der Waals surface area contributed by atoms with Crippen molar-refractivity contribution in [3.8, 4) is 0 Å². The molecule has 6 heteroatoms. The molecule has 4 nitrogen and oxygen atoms in total. The molecule has 0 fully saturated rings. The summed E-state index contributed by atoms with van der Waals surface area (Å²) in [5, 5.41) is 3.08. The number of rotatable bonds is 8. The third-order valence-electron chi connectivity index (χ3n) is 2.66. The number of benzene rings is 1. The molecule has 0 aliphatic carbocycles. The first-order valence-corrected chi connectivity index (χ1v) is 8.24. The van der Waals surface area contributed by atoms with Crippen molar-refractivity contribution in [1.29, 1.82) is 0 Å². The lowest BCUT2D eigenvalue weighted by Crippen LogP contribution is -2.31. The van der Waals surface area contributed by atoms with Crippen LogP contribution in [-0.2, 0) is 16.4 Å². The minimum absolute atomic E-state index is 0.153. The van der Waals surface area contributed by atoms with Gasteiger partial charge in [-0.05, 0) is 24.7 Å². The van der Waals surface area contributed by atoms with Crippen molar-refractivity contribution in [3.63, 3.8) is 0 Å². The molecule has 1 aromatic carbocycles. The molecule has 0 unspecified atom stereocenters. The van der Waals surface area contributed by atoms with Crippen molar-refractivity contribution in [3.05, 3.63) is 35.6 Å². The minimum atomic E-state index is -2.90. The molecule has 0 spiro atoms. The van der Waals surface area contributed by atoms with Gasteiger partial charge in [0.2, 0.25) is 0 Å². The van der Waals surface area contributed by atoms with Crippen molar-refractivity contribution < 1.29 is 12.8 Å². The van der Waals surface area contributed by atoms with E-state index in [9.17, 15) is 12.8 Å². The zero-order chi connectivity index (χ0) is 14.3. The Hall–Kier alpha value is -0.980. The lowest BCUT2D eigenvalue weighted by molar-refractivity contribution is 0.325. The monoisotopic (exact) mass is 288 g/mol. The largest absolute Gasteiger partial charge is 0.314 e. The Labute approximate surface area is 114 Å². The van der Waals surface area contributed by atoms with E-state index in [1.807, 2.05) is 13.1 Å². The molecule has 19 heavy (non-hydrogen) atoms. The Bertz CT molecular complexity index is 491. The molecule has 1 N–H and O–H groups in total. The SMILES string of the molecule is CN(CCNCCS(C)(=O)=O)Cc1cccc(F)c1. The van der Waals surface area contributed by atoms with Gasteiger partial charge in [0.25, 0.3) is 0 Å². The molecule has 0 aliphatic rings. The molecule has 0 bridgehead atoms. The first-order valence-electron chi connectivity index (χ1n) is 6.18. The van der Waals surface area contributed by atoms with Gasteiger partial charge < -0.3 is 10.2 Å². The summed E-state index contributed by atoms with van der Waals surface area (Å²) in [6, 6.07) is 6.53. The average molecular weight is 288 g/mol. The lowest BCUT2D eigenvalue weighted by atomic mass is 10.2. The summed E-state index contributed by atoms with van der Waals surface area (Å²) in [6.45, 7) is 2.62. The maximum Gasteiger partial charge on any atom is 0.148 e. The van der Waals surface area contributed by atoms with Crippen molar-refractivity contribution >= 4 is 9.84 Å². The zero-order valence-corrected chi connectivity index (χ0v) is 12.2. The van der Waals surface area contributed by atoms with Crippen LogP contribution in [0.5, 0.6) is 0 Å². The van der Waals surface area contributed by atoms with Gasteiger partial charge in [0.15, 0.2) is 0 Å². The predicted molar refractivity (Wildman–Crippen MR) is 75.3 cm³/mol. The number of sulfone groups is 1. The highest BCUT2D eigenvalue weighted by molar-refractivity contribution is 7.90. The van der Waals surface area contributed by atoms with E-state index in [1.54, 1.807) is 6.07 Å². The van der Waals surface area contributed by atoms with Gasteiger partial charge in [-0.15, -0.1) is 0 Å². The quantitative estimate of drug-likeness (QED) is 0.722. The summed E-state index contributed by atoms with van der Waals surface area (Å²) in [6.07, 6.45) is 1.23. The lowest BCUT2D eigenvalue weighted by Gasteiger charge is -2.17. The Morgan fingerprint density at radius 3 is 2.68 bits per heavy atom. The maximum absolute atomic E-state index is 13.0. The van der Waals surface area contributed by atoms with Crippen LogP contribution in [0.1, 0.15) is 5.56 Å². The average Bonchev–Trinajstić information content (AvgIpc) is 2.26. The van der Waals surface area contributed by atoms with Gasteiger partial charge in [0.05, 0.1) is 5.75 Å². The van der Waals surface area contributed by atoms with Crippen LogP contribution < -0.4 is 5.32 Å². The number of hydrogen-bond donors (Lipinski definition) is 1. The fourth-order valence-electron chi connectivity index (χ4n) is 1.68. The second kappa shape index (κ2) is 7.57. The minimum Gasteiger partial charge on any atom is -0.314 e. The van der Waals surface area contributed by atoms with E-state index in [4.69, 9.17) is 0 Å². The summed E-state index contributed by atoms with van der Waals surface area (Å²) in [5.41, 5.74) is 0.929. The van der Waals surface area contributed by atoms with Crippen LogP contribution in [0, 0.1) is 5.82 Å². The van der Waals surface area contributed by atoms with Crippen molar-refractivity contribution in [2.75, 3.05) is 38.7 Å². The standard InChI is InChI=1S/C13H21FN2O2S/c1-16(8-6-15-7-9-19(2,17)18)11-12-4-3-5-13(14)10-12/h3-5,10,15H,6-9,11H2,1-2H3. The van der Waals surface area contributed by atoms with Crippen molar-refractivity contribution in [2.45, 2.75) is 6.54 Å². The third kappa shape index (κ3) is 7.92. The molecule has 0 heterocycles. The van der Waals surface area contributed by atoms with E-state index in [2.05, 4.69) is 10.2 Å². The smallest absolute Gasteiger partial charge is 0.148 e. The number of halogens is 1. The van der Waals surface area contributed by atoms with E-state index in [1.165, 1.54) is 18.4 Å². The van der Waals surface area contributed by atoms with Crippen LogP contribution in [0.15, 0.2) is 24.3 Å². The molecule has 0 saturated carbocycles. The summed E-state index contributed by atoms with van der Waals surface area (Å²) in [4.78, 5) is 2.06. The third-order valence-corrected chi connectivity index (χ3v) is 3.61. The Morgan fingerprint density at radius 2 is 2.05 bits per heavy atom. The second-order valence-corrected chi connectivity index (χ2v) is 7.01. The van der Waals surface area contributed by atoms with Gasteiger partial charge in [-0.2, -0.15) is 0 Å². The first kappa shape index (κ1) is 16.1. The van der Waals surface area contributed by atoms with Crippen LogP contribution in [0.25, 0.3) is 0 Å². The number of nitrogens with zero attached hydrogens (tertiary/aromatic N) is 1. The Balaban J connectivity index is 2.20. The van der Waals surface area contributed by atoms with Crippen LogP contribution in [0.2, 0.25) is 0 Å². The normalized spacial score (nSPS) is 12.0. The Morgan fingerprint density at radius 1 is 1.32 bits per heavy atom. The van der Waals surface area contributed by atoms with E-state index in [-0.39, 0.29) is 11.6 Å². The summed E-state index contributed by atoms with van der Waals surface area (Å²) in [7, 11) is -0.948. The Kier molecular flexibility index (Phi) is 6.41. The van der Waals surface area contributed by atoms with E-state index >= 15 is 0 Å². The summed E-state index contributed by atoms with van der Waals surface area (Å²) in [5.74, 6) is -0.0715. The molecule has 0 aliphatic heterocycles. The molecular weight excluding hydrogens is 267 g/mol. The highest BCUT2D eigenvalue weighted by Crippen LogP contribution is 2.05. The molecular formula is C13H21FN2O2S. The van der Waals surface area contributed by atoms with Gasteiger partial charge >= 0.3 is 0 Å². The molecule has 0 amide bonds. The van der Waals surface area contributed by atoms with E-state index < -0.39 is 9.84 Å². The maximum atomic E-state index is 13.0. The molecule has 108 valence electrons. The van der Waals surface area contributed by atoms with E-state index in [0.717, 1.165) is 12.1 Å². The van der Waals surface area contributed by atoms with Crippen LogP contribution >= 0.6 is 0 Å². The fourth-order valence-corrected chi connectivity index (χ4v) is 2.19. The van der Waals surface area contributed by atoms with Gasteiger partial charge in [0.1, 0.15) is 15.7 Å². The highest BCUT2D eigenvalue weighted by atomic mass is 32.2. The van der Waals surface area contributed by atoms with Crippen LogP contribution in [0.4, 0.5) is 4.39 Å². The topological polar surface area (TPSA) is 49.4 Å². The molecule has 0 radical (unpaired) electrons. The van der Waals surface area contributed by atoms with Gasteiger partial charge in [-0.1, -0.05) is 12.1 Å². The van der Waals surface area contributed by atoms with Gasteiger partial charge in [0, 0.05) is 32.4 Å². The van der Waals surface area contributed by atoms with Crippen molar-refractivity contribution in [2.24, 2.45) is 0 Å². The first-order chi connectivity index (χ1) is 8.87. The number of nitrogens with one attached hydrogen (secondary N) is 1. The molecule has 1 rings (SSSR count). The molecule has 0 saturated heterocycles. The van der Waals surface area contributed by atoms with Crippen LogP contribution in [-0.4, -0.2) is 52.0 Å². The number of likely N-dealkylation sites (N-methyl/N-ethyl adjacent to an activating group) is 1. The summed E-state index contributed by atoms with van der Waals surface area (Å²) >= 11 is 0. The van der Waals surface area contributed by atoms with E-state index in [0.29, 0.717) is 19.6 Å². The van der Waals surface area contributed by atoms with Crippen LogP contribution in [0.3, 0.4) is 0 Å². The number of hydrogen-bond acceptors (Lipinski definition) is 4. The summed E-state index contributed by atoms with van der Waals surface area (Å²) < 4.78 is 34.8. The molecule has 0 atom stereocenters. The second-order valence-electron chi connectivity index (χ2n) is 4.75. The van der Waals surface area contributed by atoms with Crippen molar-refractivity contribution in [1.82, 2.24) is 10.2 Å². The highest BCUT2D eigenvalue weighted by Gasteiger charge is 2.03. The molecule has 0 aromatic heterocycles. The fraction of sp³-hybridized carbons (Fsp3) is 0.538.